The van der Waals surface area contributed by atoms with E-state index < -0.39 is 0 Å². The van der Waals surface area contributed by atoms with Crippen LogP contribution < -0.4 is 0 Å². The van der Waals surface area contributed by atoms with Gasteiger partial charge in [-0.2, -0.15) is 5.26 Å². The number of hydrogen-bond acceptors (Lipinski definition) is 3. The Hall–Kier alpha value is -0.850. The fourth-order valence-electron chi connectivity index (χ4n) is 1.54. The molecule has 0 radical (unpaired) electrons. The number of nitriles is 1. The van der Waals surface area contributed by atoms with Crippen LogP contribution in [0.4, 0.5) is 0 Å². The van der Waals surface area contributed by atoms with Crippen molar-refractivity contribution in [2.75, 3.05) is 39.3 Å². The molecule has 1 aliphatic heterocycles. The lowest BCUT2D eigenvalue weighted by atomic mass is 10.2. The molecule has 0 bridgehead atoms. The summed E-state index contributed by atoms with van der Waals surface area (Å²) in [4.78, 5) is 4.64. The van der Waals surface area contributed by atoms with E-state index in [1.165, 1.54) is 5.57 Å². The van der Waals surface area contributed by atoms with Gasteiger partial charge in [-0.3, -0.25) is 9.80 Å². The average molecular weight is 193 g/mol. The van der Waals surface area contributed by atoms with Crippen molar-refractivity contribution in [2.24, 2.45) is 0 Å². The lowest BCUT2D eigenvalue weighted by Crippen LogP contribution is -2.46. The molecule has 0 aromatic rings. The van der Waals surface area contributed by atoms with Gasteiger partial charge in [0, 0.05) is 32.7 Å². The molecule has 1 fully saturated rings. The molecule has 3 nitrogen and oxygen atoms in total. The highest BCUT2D eigenvalue weighted by atomic mass is 15.3. The summed E-state index contributed by atoms with van der Waals surface area (Å²) in [5.41, 5.74) is 1.38. The first-order chi connectivity index (χ1) is 6.72. The maximum atomic E-state index is 8.55. The largest absolute Gasteiger partial charge is 0.297 e. The number of allylic oxidation sites excluding steroid dienone is 1. The standard InChI is InChI=1S/C11H19N3/c1-11(2)3-5-13-7-9-14(6-4-12)10-8-13/h3H,5-10H2,1-2H3. The highest BCUT2D eigenvalue weighted by Gasteiger charge is 2.14. The van der Waals surface area contributed by atoms with Crippen molar-refractivity contribution in [3.63, 3.8) is 0 Å². The minimum absolute atomic E-state index is 0.580. The molecule has 1 heterocycles. The van der Waals surface area contributed by atoms with Crippen molar-refractivity contribution in [3.05, 3.63) is 11.6 Å². The second-order valence-corrected chi connectivity index (χ2v) is 4.02. The van der Waals surface area contributed by atoms with E-state index in [1.54, 1.807) is 0 Å². The van der Waals surface area contributed by atoms with Crippen LogP contribution in [-0.2, 0) is 0 Å². The quantitative estimate of drug-likeness (QED) is 0.496. The summed E-state index contributed by atoms with van der Waals surface area (Å²) in [6.45, 7) is 10.1. The monoisotopic (exact) mass is 193 g/mol. The summed E-state index contributed by atoms with van der Waals surface area (Å²) in [5.74, 6) is 0. The SMILES string of the molecule is CC(C)=CCN1CCN(CC#N)CC1. The first-order valence-electron chi connectivity index (χ1n) is 5.17. The lowest BCUT2D eigenvalue weighted by Gasteiger charge is -2.32. The molecule has 0 spiro atoms. The van der Waals surface area contributed by atoms with Crippen molar-refractivity contribution in [1.29, 1.82) is 5.26 Å². The van der Waals surface area contributed by atoms with Crippen molar-refractivity contribution in [1.82, 2.24) is 9.80 Å². The molecular formula is C11H19N3. The maximum Gasteiger partial charge on any atom is 0.0866 e. The Balaban J connectivity index is 2.23. The Labute approximate surface area is 86.6 Å². The molecule has 14 heavy (non-hydrogen) atoms. The summed E-state index contributed by atoms with van der Waals surface area (Å²) >= 11 is 0. The molecule has 1 aliphatic rings. The summed E-state index contributed by atoms with van der Waals surface area (Å²) < 4.78 is 0. The molecule has 1 rings (SSSR count). The summed E-state index contributed by atoms with van der Waals surface area (Å²) in [7, 11) is 0. The van der Waals surface area contributed by atoms with Crippen LogP contribution in [0, 0.1) is 11.3 Å². The molecule has 3 heteroatoms. The van der Waals surface area contributed by atoms with Crippen LogP contribution in [0.15, 0.2) is 11.6 Å². The van der Waals surface area contributed by atoms with Crippen LogP contribution in [0.1, 0.15) is 13.8 Å². The zero-order valence-corrected chi connectivity index (χ0v) is 9.16. The van der Waals surface area contributed by atoms with E-state index >= 15 is 0 Å². The van der Waals surface area contributed by atoms with Crippen LogP contribution in [0.3, 0.4) is 0 Å². The van der Waals surface area contributed by atoms with Gasteiger partial charge in [-0.25, -0.2) is 0 Å². The Morgan fingerprint density at radius 3 is 2.29 bits per heavy atom. The van der Waals surface area contributed by atoms with Crippen LogP contribution in [0.2, 0.25) is 0 Å². The topological polar surface area (TPSA) is 30.3 Å². The second kappa shape index (κ2) is 5.79. The van der Waals surface area contributed by atoms with Gasteiger partial charge in [0.15, 0.2) is 0 Å². The van der Waals surface area contributed by atoms with Gasteiger partial charge < -0.3 is 0 Å². The Morgan fingerprint density at radius 2 is 1.79 bits per heavy atom. The minimum atomic E-state index is 0.580. The molecular weight excluding hydrogens is 174 g/mol. The lowest BCUT2D eigenvalue weighted by molar-refractivity contribution is 0.155. The molecule has 0 aromatic carbocycles. The van der Waals surface area contributed by atoms with E-state index in [0.29, 0.717) is 6.54 Å². The normalized spacial score (nSPS) is 18.9. The van der Waals surface area contributed by atoms with E-state index in [9.17, 15) is 0 Å². The second-order valence-electron chi connectivity index (χ2n) is 4.02. The number of rotatable bonds is 3. The number of hydrogen-bond donors (Lipinski definition) is 0. The van der Waals surface area contributed by atoms with Crippen molar-refractivity contribution < 1.29 is 0 Å². The number of piperazine rings is 1. The first kappa shape index (κ1) is 11.2. The Morgan fingerprint density at radius 1 is 1.21 bits per heavy atom. The Bertz CT molecular complexity index is 227. The molecule has 0 aromatic heterocycles. The summed E-state index contributed by atoms with van der Waals surface area (Å²) in [6, 6.07) is 2.20. The maximum absolute atomic E-state index is 8.55. The third kappa shape index (κ3) is 3.91. The van der Waals surface area contributed by atoms with Gasteiger partial charge in [0.05, 0.1) is 12.6 Å². The van der Waals surface area contributed by atoms with E-state index in [4.69, 9.17) is 5.26 Å². The molecule has 0 unspecified atom stereocenters. The molecule has 0 aliphatic carbocycles. The van der Waals surface area contributed by atoms with Gasteiger partial charge in [-0.15, -0.1) is 0 Å². The van der Waals surface area contributed by atoms with E-state index in [2.05, 4.69) is 35.8 Å². The highest BCUT2D eigenvalue weighted by Crippen LogP contribution is 2.01. The molecule has 0 N–H and O–H groups in total. The van der Waals surface area contributed by atoms with Crippen LogP contribution in [-0.4, -0.2) is 49.1 Å². The van der Waals surface area contributed by atoms with E-state index in [0.717, 1.165) is 32.7 Å². The van der Waals surface area contributed by atoms with Gasteiger partial charge in [0.2, 0.25) is 0 Å². The van der Waals surface area contributed by atoms with Crippen LogP contribution in [0.5, 0.6) is 0 Å². The van der Waals surface area contributed by atoms with Crippen molar-refractivity contribution in [2.45, 2.75) is 13.8 Å². The van der Waals surface area contributed by atoms with Crippen molar-refractivity contribution in [3.8, 4) is 6.07 Å². The predicted molar refractivity (Wildman–Crippen MR) is 57.9 cm³/mol. The molecule has 78 valence electrons. The minimum Gasteiger partial charge on any atom is -0.297 e. The zero-order valence-electron chi connectivity index (χ0n) is 9.16. The fourth-order valence-corrected chi connectivity index (χ4v) is 1.54. The molecule has 0 saturated carbocycles. The van der Waals surface area contributed by atoms with Crippen LogP contribution in [0.25, 0.3) is 0 Å². The predicted octanol–water partition coefficient (Wildman–Crippen LogP) is 1.09. The first-order valence-corrected chi connectivity index (χ1v) is 5.17. The molecule has 1 saturated heterocycles. The van der Waals surface area contributed by atoms with Gasteiger partial charge in [0.1, 0.15) is 0 Å². The zero-order chi connectivity index (χ0) is 10.4. The van der Waals surface area contributed by atoms with Gasteiger partial charge in [-0.05, 0) is 13.8 Å². The van der Waals surface area contributed by atoms with E-state index in [-0.39, 0.29) is 0 Å². The third-order valence-corrected chi connectivity index (χ3v) is 2.52. The summed E-state index contributed by atoms with van der Waals surface area (Å²) in [5, 5.41) is 8.55. The molecule has 0 amide bonds. The van der Waals surface area contributed by atoms with Gasteiger partial charge in [-0.1, -0.05) is 11.6 Å². The third-order valence-electron chi connectivity index (χ3n) is 2.52. The van der Waals surface area contributed by atoms with Gasteiger partial charge in [0.25, 0.3) is 0 Å². The van der Waals surface area contributed by atoms with E-state index in [1.807, 2.05) is 0 Å². The smallest absolute Gasteiger partial charge is 0.0866 e. The van der Waals surface area contributed by atoms with Gasteiger partial charge >= 0.3 is 0 Å². The highest BCUT2D eigenvalue weighted by molar-refractivity contribution is 4.95. The van der Waals surface area contributed by atoms with Crippen molar-refractivity contribution >= 4 is 0 Å². The Kier molecular flexibility index (Phi) is 4.64. The number of nitrogens with zero attached hydrogens (tertiary/aromatic N) is 3. The molecule has 0 atom stereocenters. The average Bonchev–Trinajstić information content (AvgIpc) is 2.17. The van der Waals surface area contributed by atoms with Crippen LogP contribution >= 0.6 is 0 Å². The fraction of sp³-hybridized carbons (Fsp3) is 0.727. The summed E-state index contributed by atoms with van der Waals surface area (Å²) in [6.07, 6.45) is 2.26.